The van der Waals surface area contributed by atoms with Gasteiger partial charge in [-0.25, -0.2) is 4.79 Å². The van der Waals surface area contributed by atoms with Crippen molar-refractivity contribution in [2.45, 2.75) is 13.5 Å². The topological polar surface area (TPSA) is 49.3 Å². The van der Waals surface area contributed by atoms with E-state index >= 15 is 0 Å². The minimum Gasteiger partial charge on any atom is -0.477 e. The van der Waals surface area contributed by atoms with Gasteiger partial charge in [0.1, 0.15) is 4.88 Å². The SMILES string of the molecule is Cc1ccc(NCc2ccsc2C(=O)O)cc1. The van der Waals surface area contributed by atoms with Crippen molar-refractivity contribution in [1.82, 2.24) is 0 Å². The van der Waals surface area contributed by atoms with E-state index in [-0.39, 0.29) is 0 Å². The van der Waals surface area contributed by atoms with Gasteiger partial charge in [0.15, 0.2) is 0 Å². The van der Waals surface area contributed by atoms with Crippen molar-refractivity contribution in [3.05, 3.63) is 51.7 Å². The first-order chi connectivity index (χ1) is 8.16. The predicted octanol–water partition coefficient (Wildman–Crippen LogP) is 3.37. The average molecular weight is 247 g/mol. The Kier molecular flexibility index (Phi) is 3.44. The van der Waals surface area contributed by atoms with Gasteiger partial charge in [-0.1, -0.05) is 17.7 Å². The molecule has 1 aromatic carbocycles. The van der Waals surface area contributed by atoms with Gasteiger partial charge < -0.3 is 10.4 Å². The van der Waals surface area contributed by atoms with E-state index in [2.05, 4.69) is 5.32 Å². The van der Waals surface area contributed by atoms with Gasteiger partial charge in [-0.3, -0.25) is 0 Å². The molecule has 0 aliphatic carbocycles. The molecule has 0 aliphatic heterocycles. The van der Waals surface area contributed by atoms with E-state index in [1.54, 1.807) is 5.38 Å². The van der Waals surface area contributed by atoms with Crippen LogP contribution in [0.3, 0.4) is 0 Å². The monoisotopic (exact) mass is 247 g/mol. The molecule has 1 aromatic heterocycles. The van der Waals surface area contributed by atoms with Crippen LogP contribution in [0.1, 0.15) is 20.8 Å². The van der Waals surface area contributed by atoms with Crippen LogP contribution in [-0.2, 0) is 6.54 Å². The Bertz CT molecular complexity index is 516. The first-order valence-corrected chi connectivity index (χ1v) is 6.15. The molecular weight excluding hydrogens is 234 g/mol. The molecule has 1 heterocycles. The van der Waals surface area contributed by atoms with Crippen LogP contribution in [0.2, 0.25) is 0 Å². The van der Waals surface area contributed by atoms with Crippen LogP contribution in [0.5, 0.6) is 0 Å². The van der Waals surface area contributed by atoms with Crippen LogP contribution < -0.4 is 5.32 Å². The molecule has 3 nitrogen and oxygen atoms in total. The van der Waals surface area contributed by atoms with Gasteiger partial charge in [0.2, 0.25) is 0 Å². The highest BCUT2D eigenvalue weighted by atomic mass is 32.1. The van der Waals surface area contributed by atoms with E-state index in [0.29, 0.717) is 11.4 Å². The van der Waals surface area contributed by atoms with E-state index in [1.165, 1.54) is 16.9 Å². The summed E-state index contributed by atoms with van der Waals surface area (Å²) in [6.07, 6.45) is 0. The van der Waals surface area contributed by atoms with Gasteiger partial charge in [0.25, 0.3) is 0 Å². The second-order valence-corrected chi connectivity index (χ2v) is 4.72. The van der Waals surface area contributed by atoms with E-state index in [9.17, 15) is 4.79 Å². The third-order valence-corrected chi connectivity index (χ3v) is 3.42. The Morgan fingerprint density at radius 3 is 2.65 bits per heavy atom. The van der Waals surface area contributed by atoms with Crippen LogP contribution in [0, 0.1) is 6.92 Å². The van der Waals surface area contributed by atoms with Crippen molar-refractivity contribution < 1.29 is 9.90 Å². The van der Waals surface area contributed by atoms with Gasteiger partial charge in [-0.05, 0) is 36.1 Å². The number of anilines is 1. The molecule has 0 aliphatic rings. The fourth-order valence-corrected chi connectivity index (χ4v) is 2.29. The molecule has 0 saturated heterocycles. The summed E-state index contributed by atoms with van der Waals surface area (Å²) in [6.45, 7) is 2.57. The number of carboxylic acids is 1. The Hall–Kier alpha value is -1.81. The first kappa shape index (κ1) is 11.7. The zero-order valence-electron chi connectivity index (χ0n) is 9.43. The summed E-state index contributed by atoms with van der Waals surface area (Å²) in [5.41, 5.74) is 3.03. The number of aromatic carboxylic acids is 1. The number of hydrogen-bond acceptors (Lipinski definition) is 3. The second-order valence-electron chi connectivity index (χ2n) is 3.80. The van der Waals surface area contributed by atoms with Crippen molar-refractivity contribution in [2.24, 2.45) is 0 Å². The molecule has 0 fully saturated rings. The number of carbonyl (C=O) groups is 1. The van der Waals surface area contributed by atoms with Crippen LogP contribution in [0.4, 0.5) is 5.69 Å². The lowest BCUT2D eigenvalue weighted by atomic mass is 10.2. The highest BCUT2D eigenvalue weighted by molar-refractivity contribution is 7.12. The standard InChI is InChI=1S/C13H13NO2S/c1-9-2-4-11(5-3-9)14-8-10-6-7-17-12(10)13(15)16/h2-7,14H,8H2,1H3,(H,15,16). The summed E-state index contributed by atoms with van der Waals surface area (Å²) in [5, 5.41) is 14.0. The average Bonchev–Trinajstić information content (AvgIpc) is 2.76. The molecule has 4 heteroatoms. The summed E-state index contributed by atoms with van der Waals surface area (Å²) >= 11 is 1.26. The first-order valence-electron chi connectivity index (χ1n) is 5.27. The summed E-state index contributed by atoms with van der Waals surface area (Å²) in [4.78, 5) is 11.3. The molecule has 2 rings (SSSR count). The van der Waals surface area contributed by atoms with Gasteiger partial charge >= 0.3 is 5.97 Å². The van der Waals surface area contributed by atoms with Crippen molar-refractivity contribution in [2.75, 3.05) is 5.32 Å². The van der Waals surface area contributed by atoms with Gasteiger partial charge in [0.05, 0.1) is 0 Å². The molecule has 0 amide bonds. The van der Waals surface area contributed by atoms with Gasteiger partial charge in [-0.15, -0.1) is 11.3 Å². The van der Waals surface area contributed by atoms with Gasteiger partial charge in [0, 0.05) is 12.2 Å². The molecule has 0 bridgehead atoms. The second kappa shape index (κ2) is 5.01. The molecule has 0 unspecified atom stereocenters. The van der Waals surface area contributed by atoms with E-state index in [1.807, 2.05) is 37.3 Å². The summed E-state index contributed by atoms with van der Waals surface area (Å²) in [7, 11) is 0. The van der Waals surface area contributed by atoms with Crippen LogP contribution >= 0.6 is 11.3 Å². The molecule has 0 saturated carbocycles. The lowest BCUT2D eigenvalue weighted by Gasteiger charge is -2.06. The maximum Gasteiger partial charge on any atom is 0.346 e. The molecule has 2 N–H and O–H groups in total. The van der Waals surface area contributed by atoms with E-state index in [4.69, 9.17) is 5.11 Å². The number of hydrogen-bond donors (Lipinski definition) is 2. The molecule has 17 heavy (non-hydrogen) atoms. The normalized spacial score (nSPS) is 10.2. The molecule has 2 aromatic rings. The maximum atomic E-state index is 10.9. The maximum absolute atomic E-state index is 10.9. The number of aryl methyl sites for hydroxylation is 1. The fourth-order valence-electron chi connectivity index (χ4n) is 1.53. The summed E-state index contributed by atoms with van der Waals surface area (Å²) in [6, 6.07) is 9.86. The minimum atomic E-state index is -0.860. The predicted molar refractivity (Wildman–Crippen MR) is 69.8 cm³/mol. The van der Waals surface area contributed by atoms with Crippen LogP contribution in [0.15, 0.2) is 35.7 Å². The lowest BCUT2D eigenvalue weighted by molar-refractivity contribution is 0.0701. The smallest absolute Gasteiger partial charge is 0.346 e. The highest BCUT2D eigenvalue weighted by Gasteiger charge is 2.10. The Balaban J connectivity index is 2.05. The number of nitrogens with one attached hydrogen (secondary N) is 1. The Morgan fingerprint density at radius 1 is 1.29 bits per heavy atom. The zero-order valence-corrected chi connectivity index (χ0v) is 10.3. The zero-order chi connectivity index (χ0) is 12.3. The molecule has 0 radical (unpaired) electrons. The van der Waals surface area contributed by atoms with Crippen molar-refractivity contribution in [3.63, 3.8) is 0 Å². The molecule has 88 valence electrons. The molecule has 0 atom stereocenters. The lowest BCUT2D eigenvalue weighted by Crippen LogP contribution is -2.03. The number of carboxylic acid groups (broad SMARTS) is 1. The fraction of sp³-hybridized carbons (Fsp3) is 0.154. The van der Waals surface area contributed by atoms with Crippen LogP contribution in [-0.4, -0.2) is 11.1 Å². The van der Waals surface area contributed by atoms with Gasteiger partial charge in [-0.2, -0.15) is 0 Å². The number of thiophene rings is 1. The quantitative estimate of drug-likeness (QED) is 0.871. The highest BCUT2D eigenvalue weighted by Crippen LogP contribution is 2.18. The summed E-state index contributed by atoms with van der Waals surface area (Å²) in [5.74, 6) is -0.860. The number of rotatable bonds is 4. The third-order valence-electron chi connectivity index (χ3n) is 2.48. The van der Waals surface area contributed by atoms with Crippen molar-refractivity contribution in [3.8, 4) is 0 Å². The molecular formula is C13H13NO2S. The van der Waals surface area contributed by atoms with Crippen molar-refractivity contribution >= 4 is 23.0 Å². The Labute approximate surface area is 104 Å². The van der Waals surface area contributed by atoms with E-state index < -0.39 is 5.97 Å². The van der Waals surface area contributed by atoms with E-state index in [0.717, 1.165) is 11.3 Å². The molecule has 0 spiro atoms. The number of benzene rings is 1. The largest absolute Gasteiger partial charge is 0.477 e. The minimum absolute atomic E-state index is 0.407. The van der Waals surface area contributed by atoms with Crippen LogP contribution in [0.25, 0.3) is 0 Å². The third kappa shape index (κ3) is 2.85. The Morgan fingerprint density at radius 2 is 2.00 bits per heavy atom. The van der Waals surface area contributed by atoms with Crippen molar-refractivity contribution in [1.29, 1.82) is 0 Å². The summed E-state index contributed by atoms with van der Waals surface area (Å²) < 4.78 is 0.